The van der Waals surface area contributed by atoms with Crippen molar-refractivity contribution in [1.29, 1.82) is 0 Å². The highest BCUT2D eigenvalue weighted by Gasteiger charge is 2.48. The average molecular weight is 278 g/mol. The second-order valence-corrected chi connectivity index (χ2v) is 6.70. The van der Waals surface area contributed by atoms with E-state index in [4.69, 9.17) is 0 Å². The van der Waals surface area contributed by atoms with E-state index in [-0.39, 0.29) is 23.9 Å². The number of piperazine rings is 1. The second kappa shape index (κ2) is 5.74. The monoisotopic (exact) mass is 278 g/mol. The van der Waals surface area contributed by atoms with Gasteiger partial charge in [-0.3, -0.25) is 9.59 Å². The largest absolute Gasteiger partial charge is 0.342 e. The molecule has 1 aliphatic heterocycles. The van der Waals surface area contributed by atoms with Gasteiger partial charge in [0, 0.05) is 6.54 Å². The molecule has 1 saturated heterocycles. The molecule has 1 N–H and O–H groups in total. The highest BCUT2D eigenvalue weighted by molar-refractivity contribution is 5.97. The van der Waals surface area contributed by atoms with Gasteiger partial charge in [-0.05, 0) is 43.9 Å². The van der Waals surface area contributed by atoms with Crippen LogP contribution in [0.15, 0.2) is 0 Å². The molecule has 0 radical (unpaired) electrons. The molecule has 4 nitrogen and oxygen atoms in total. The van der Waals surface area contributed by atoms with Crippen molar-refractivity contribution >= 4 is 11.8 Å². The highest BCUT2D eigenvalue weighted by Crippen LogP contribution is 2.37. The lowest BCUT2D eigenvalue weighted by atomic mass is 9.81. The fraction of sp³-hybridized carbons (Fsp3) is 0.875. The van der Waals surface area contributed by atoms with Crippen molar-refractivity contribution in [2.24, 2.45) is 11.8 Å². The minimum Gasteiger partial charge on any atom is -0.342 e. The van der Waals surface area contributed by atoms with Gasteiger partial charge in [0.25, 0.3) is 0 Å². The van der Waals surface area contributed by atoms with E-state index in [0.29, 0.717) is 11.8 Å². The van der Waals surface area contributed by atoms with Crippen molar-refractivity contribution in [3.05, 3.63) is 0 Å². The molecule has 1 heterocycles. The number of hydrogen-bond acceptors (Lipinski definition) is 2. The van der Waals surface area contributed by atoms with Crippen LogP contribution in [0.2, 0.25) is 0 Å². The van der Waals surface area contributed by atoms with Crippen LogP contribution >= 0.6 is 0 Å². The van der Waals surface area contributed by atoms with Crippen LogP contribution in [0.25, 0.3) is 0 Å². The van der Waals surface area contributed by atoms with Crippen LogP contribution in [0, 0.1) is 11.8 Å². The molecule has 2 unspecified atom stereocenters. The zero-order valence-electron chi connectivity index (χ0n) is 12.4. The number of hydrogen-bond donors (Lipinski definition) is 1. The third kappa shape index (κ3) is 2.57. The molecule has 4 heteroatoms. The van der Waals surface area contributed by atoms with E-state index in [1.807, 2.05) is 4.90 Å². The number of nitrogens with one attached hydrogen (secondary N) is 1. The molecule has 3 aliphatic rings. The summed E-state index contributed by atoms with van der Waals surface area (Å²) in [5, 5.41) is 3.03. The van der Waals surface area contributed by atoms with Gasteiger partial charge in [-0.15, -0.1) is 0 Å². The number of carbonyl (C=O) groups is 2. The molecule has 3 fully saturated rings. The van der Waals surface area contributed by atoms with Gasteiger partial charge in [0.1, 0.15) is 12.1 Å². The minimum atomic E-state index is -0.228. The molecule has 0 aromatic carbocycles. The third-order valence-corrected chi connectivity index (χ3v) is 5.11. The second-order valence-electron chi connectivity index (χ2n) is 6.70. The maximum absolute atomic E-state index is 12.7. The van der Waals surface area contributed by atoms with Gasteiger partial charge < -0.3 is 10.2 Å². The van der Waals surface area contributed by atoms with Gasteiger partial charge in [0.05, 0.1) is 0 Å². The molecular formula is C16H26N2O2. The van der Waals surface area contributed by atoms with Gasteiger partial charge in [0.2, 0.25) is 11.8 Å². The normalized spacial score (nSPS) is 32.4. The molecule has 2 amide bonds. The first-order chi connectivity index (χ1) is 9.72. The molecule has 0 spiro atoms. The summed E-state index contributed by atoms with van der Waals surface area (Å²) in [6.45, 7) is 2.82. The fourth-order valence-electron chi connectivity index (χ4n) is 3.92. The minimum absolute atomic E-state index is 0.113. The van der Waals surface area contributed by atoms with Crippen LogP contribution in [0.3, 0.4) is 0 Å². The van der Waals surface area contributed by atoms with E-state index >= 15 is 0 Å². The van der Waals surface area contributed by atoms with Crippen LogP contribution in [0.4, 0.5) is 0 Å². The Balaban J connectivity index is 1.78. The quantitative estimate of drug-likeness (QED) is 0.856. The Hall–Kier alpha value is -1.06. The van der Waals surface area contributed by atoms with E-state index < -0.39 is 0 Å². The Kier molecular flexibility index (Phi) is 3.99. The first-order valence-electron chi connectivity index (χ1n) is 8.33. The predicted octanol–water partition coefficient (Wildman–Crippen LogP) is 2.08. The van der Waals surface area contributed by atoms with Crippen molar-refractivity contribution in [2.75, 3.05) is 6.54 Å². The summed E-state index contributed by atoms with van der Waals surface area (Å²) in [5.74, 6) is 1.07. The summed E-state index contributed by atoms with van der Waals surface area (Å²) in [6.07, 6.45) is 8.98. The summed E-state index contributed by atoms with van der Waals surface area (Å²) in [6, 6.07) is -0.424. The number of nitrogens with zero attached hydrogens (tertiary/aromatic N) is 1. The Morgan fingerprint density at radius 2 is 1.75 bits per heavy atom. The molecular weight excluding hydrogens is 252 g/mol. The standard InChI is InChI=1S/C16H26N2O2/c1-2-10-18-14(12-6-4-3-5-7-12)15(19)17-13(16(18)20)11-8-9-11/h11-14H,2-10H2,1H3,(H,17,19). The molecule has 112 valence electrons. The van der Waals surface area contributed by atoms with Crippen molar-refractivity contribution in [3.63, 3.8) is 0 Å². The summed E-state index contributed by atoms with van der Waals surface area (Å²) >= 11 is 0. The van der Waals surface area contributed by atoms with Crippen molar-refractivity contribution in [1.82, 2.24) is 10.2 Å². The van der Waals surface area contributed by atoms with Gasteiger partial charge in [-0.1, -0.05) is 26.2 Å². The number of rotatable bonds is 4. The highest BCUT2D eigenvalue weighted by atomic mass is 16.2. The zero-order valence-corrected chi connectivity index (χ0v) is 12.4. The van der Waals surface area contributed by atoms with Crippen LogP contribution in [0.1, 0.15) is 58.3 Å². The average Bonchev–Trinajstić information content (AvgIpc) is 3.28. The van der Waals surface area contributed by atoms with Gasteiger partial charge >= 0.3 is 0 Å². The van der Waals surface area contributed by atoms with Crippen LogP contribution in [0.5, 0.6) is 0 Å². The molecule has 0 aromatic rings. The fourth-order valence-corrected chi connectivity index (χ4v) is 3.92. The smallest absolute Gasteiger partial charge is 0.246 e. The van der Waals surface area contributed by atoms with Crippen molar-refractivity contribution in [2.45, 2.75) is 70.4 Å². The molecule has 0 aromatic heterocycles. The van der Waals surface area contributed by atoms with Crippen LogP contribution in [-0.4, -0.2) is 35.3 Å². The number of carbonyl (C=O) groups excluding carboxylic acids is 2. The van der Waals surface area contributed by atoms with Crippen LogP contribution in [-0.2, 0) is 9.59 Å². The van der Waals surface area contributed by atoms with E-state index in [1.54, 1.807) is 0 Å². The summed E-state index contributed by atoms with van der Waals surface area (Å²) in [5.41, 5.74) is 0. The molecule has 20 heavy (non-hydrogen) atoms. The van der Waals surface area contributed by atoms with E-state index in [0.717, 1.165) is 38.6 Å². The van der Waals surface area contributed by atoms with Crippen molar-refractivity contribution in [3.8, 4) is 0 Å². The topological polar surface area (TPSA) is 49.4 Å². The molecule has 3 rings (SSSR count). The zero-order chi connectivity index (χ0) is 14.1. The maximum atomic E-state index is 12.7. The van der Waals surface area contributed by atoms with Crippen molar-refractivity contribution < 1.29 is 9.59 Å². The molecule has 2 aliphatic carbocycles. The maximum Gasteiger partial charge on any atom is 0.246 e. The third-order valence-electron chi connectivity index (χ3n) is 5.11. The molecule has 0 bridgehead atoms. The van der Waals surface area contributed by atoms with E-state index in [1.165, 1.54) is 19.3 Å². The van der Waals surface area contributed by atoms with Gasteiger partial charge in [0.15, 0.2) is 0 Å². The van der Waals surface area contributed by atoms with E-state index in [2.05, 4.69) is 12.2 Å². The Morgan fingerprint density at radius 3 is 2.35 bits per heavy atom. The first kappa shape index (κ1) is 13.9. The lowest BCUT2D eigenvalue weighted by molar-refractivity contribution is -0.152. The lowest BCUT2D eigenvalue weighted by Gasteiger charge is -2.43. The predicted molar refractivity (Wildman–Crippen MR) is 77.0 cm³/mol. The molecule has 2 saturated carbocycles. The SMILES string of the molecule is CCCN1C(=O)C(C2CC2)NC(=O)C1C1CCCCC1. The summed E-state index contributed by atoms with van der Waals surface area (Å²) in [7, 11) is 0. The van der Waals surface area contributed by atoms with Gasteiger partial charge in [-0.25, -0.2) is 0 Å². The lowest BCUT2D eigenvalue weighted by Crippen LogP contribution is -2.66. The molecule has 2 atom stereocenters. The number of amides is 2. The first-order valence-corrected chi connectivity index (χ1v) is 8.33. The summed E-state index contributed by atoms with van der Waals surface area (Å²) in [4.78, 5) is 27.2. The summed E-state index contributed by atoms with van der Waals surface area (Å²) < 4.78 is 0. The van der Waals surface area contributed by atoms with E-state index in [9.17, 15) is 9.59 Å². The Bertz CT molecular complexity index is 386. The Labute approximate surface area is 121 Å². The van der Waals surface area contributed by atoms with Gasteiger partial charge in [-0.2, -0.15) is 0 Å². The van der Waals surface area contributed by atoms with Crippen LogP contribution < -0.4 is 5.32 Å². The Morgan fingerprint density at radius 1 is 1.05 bits per heavy atom.